The number of likely N-dealkylation sites (tertiary alicyclic amines) is 1. The Balaban J connectivity index is 1.58. The summed E-state index contributed by atoms with van der Waals surface area (Å²) < 4.78 is 31.0. The van der Waals surface area contributed by atoms with Gasteiger partial charge in [0.15, 0.2) is 0 Å². The lowest BCUT2D eigenvalue weighted by atomic mass is 9.99. The molecule has 2 fully saturated rings. The van der Waals surface area contributed by atoms with Crippen molar-refractivity contribution in [2.75, 3.05) is 19.3 Å². The zero-order valence-electron chi connectivity index (χ0n) is 12.7. The molecular weight excluding hydrogens is 304 g/mol. The van der Waals surface area contributed by atoms with E-state index < -0.39 is 10.0 Å². The number of nitrogens with one attached hydrogen (secondary N) is 1. The number of rotatable bonds is 6. The van der Waals surface area contributed by atoms with Crippen LogP contribution in [0.15, 0.2) is 22.8 Å². The van der Waals surface area contributed by atoms with Crippen LogP contribution in [0.2, 0.25) is 0 Å². The van der Waals surface area contributed by atoms with Crippen molar-refractivity contribution < 1.29 is 17.6 Å². The van der Waals surface area contributed by atoms with Gasteiger partial charge in [-0.1, -0.05) is 0 Å². The number of hydrogen-bond acceptors (Lipinski definition) is 4. The minimum absolute atomic E-state index is 0.0693. The average Bonchev–Trinajstić information content (AvgIpc) is 2.98. The van der Waals surface area contributed by atoms with Crippen molar-refractivity contribution >= 4 is 15.9 Å². The first-order valence-electron chi connectivity index (χ1n) is 7.70. The van der Waals surface area contributed by atoms with Crippen LogP contribution in [0.25, 0.3) is 0 Å². The third kappa shape index (κ3) is 3.89. The van der Waals surface area contributed by atoms with Crippen molar-refractivity contribution in [3.8, 4) is 0 Å². The smallest absolute Gasteiger partial charge is 0.223 e. The Bertz CT molecular complexity index is 622. The maximum Gasteiger partial charge on any atom is 0.223 e. The average molecular weight is 326 g/mol. The normalized spacial score (nSPS) is 25.6. The van der Waals surface area contributed by atoms with Crippen LogP contribution in [0.4, 0.5) is 0 Å². The van der Waals surface area contributed by atoms with Crippen LogP contribution in [0.5, 0.6) is 0 Å². The van der Waals surface area contributed by atoms with Crippen LogP contribution in [-0.4, -0.2) is 44.6 Å². The largest absolute Gasteiger partial charge is 0.469 e. The number of amides is 1. The van der Waals surface area contributed by atoms with Gasteiger partial charge < -0.3 is 9.32 Å². The molecular formula is C15H22N2O4S. The van der Waals surface area contributed by atoms with Gasteiger partial charge in [-0.15, -0.1) is 0 Å². The number of aryl methyl sites for hydroxylation is 1. The topological polar surface area (TPSA) is 79.6 Å². The first-order chi connectivity index (χ1) is 10.4. The zero-order valence-corrected chi connectivity index (χ0v) is 13.5. The van der Waals surface area contributed by atoms with Gasteiger partial charge in [0.25, 0.3) is 0 Å². The van der Waals surface area contributed by atoms with E-state index >= 15 is 0 Å². The molecule has 3 rings (SSSR count). The summed E-state index contributed by atoms with van der Waals surface area (Å²) in [5.41, 5.74) is 0. The van der Waals surface area contributed by atoms with Gasteiger partial charge in [0.1, 0.15) is 5.76 Å². The molecule has 0 unspecified atom stereocenters. The van der Waals surface area contributed by atoms with Crippen LogP contribution >= 0.6 is 0 Å². The summed E-state index contributed by atoms with van der Waals surface area (Å²) in [6.45, 7) is 1.14. The molecule has 7 heteroatoms. The van der Waals surface area contributed by atoms with Crippen molar-refractivity contribution in [1.29, 1.82) is 0 Å². The van der Waals surface area contributed by atoms with Gasteiger partial charge in [-0.3, -0.25) is 4.79 Å². The van der Waals surface area contributed by atoms with Gasteiger partial charge in [0, 0.05) is 32.0 Å². The molecule has 1 aliphatic carbocycles. The molecule has 0 aromatic carbocycles. The summed E-state index contributed by atoms with van der Waals surface area (Å²) in [6, 6.07) is 3.53. The zero-order chi connectivity index (χ0) is 15.7. The molecule has 2 atom stereocenters. The monoisotopic (exact) mass is 326 g/mol. The molecule has 2 aliphatic rings. The van der Waals surface area contributed by atoms with Crippen molar-refractivity contribution in [3.63, 3.8) is 0 Å². The molecule has 1 N–H and O–H groups in total. The van der Waals surface area contributed by atoms with E-state index in [0.29, 0.717) is 31.8 Å². The first-order valence-corrected chi connectivity index (χ1v) is 9.59. The minimum atomic E-state index is -3.25. The molecule has 0 spiro atoms. The standard InChI is InChI=1S/C15H22N2O4S/c1-22(19,20)16-14-10-17(9-13(14)11-4-5-11)15(18)7-6-12-3-2-8-21-12/h2-3,8,11,13-14,16H,4-7,9-10H2,1H3/t13-,14+/m1/s1. The van der Waals surface area contributed by atoms with Gasteiger partial charge in [-0.25, -0.2) is 13.1 Å². The molecule has 22 heavy (non-hydrogen) atoms. The maximum absolute atomic E-state index is 12.3. The molecule has 2 heterocycles. The molecule has 1 aromatic rings. The number of furan rings is 1. The fourth-order valence-corrected chi connectivity index (χ4v) is 4.08. The van der Waals surface area contributed by atoms with Crippen molar-refractivity contribution in [2.24, 2.45) is 11.8 Å². The number of nitrogens with zero attached hydrogens (tertiary/aromatic N) is 1. The Hall–Kier alpha value is -1.34. The summed E-state index contributed by atoms with van der Waals surface area (Å²) in [4.78, 5) is 14.1. The van der Waals surface area contributed by atoms with E-state index in [0.717, 1.165) is 18.6 Å². The molecule has 122 valence electrons. The lowest BCUT2D eigenvalue weighted by Gasteiger charge is -2.17. The fraction of sp³-hybridized carbons (Fsp3) is 0.667. The molecule has 1 amide bonds. The van der Waals surface area contributed by atoms with Crippen LogP contribution < -0.4 is 4.72 Å². The third-order valence-corrected chi connectivity index (χ3v) is 5.21. The molecule has 1 saturated carbocycles. The predicted octanol–water partition coefficient (Wildman–Crippen LogP) is 0.998. The SMILES string of the molecule is CS(=O)(=O)N[C@H]1CN(C(=O)CCc2ccco2)C[C@@H]1C1CC1. The van der Waals surface area contributed by atoms with Gasteiger partial charge in [-0.2, -0.15) is 0 Å². The molecule has 0 radical (unpaired) electrons. The number of carbonyl (C=O) groups is 1. The van der Waals surface area contributed by atoms with E-state index in [4.69, 9.17) is 4.42 Å². The number of hydrogen-bond donors (Lipinski definition) is 1. The van der Waals surface area contributed by atoms with Crippen LogP contribution in [0, 0.1) is 11.8 Å². The highest BCUT2D eigenvalue weighted by Crippen LogP contribution is 2.41. The fourth-order valence-electron chi connectivity index (χ4n) is 3.28. The Labute approximate surface area is 130 Å². The Morgan fingerprint density at radius 2 is 2.18 bits per heavy atom. The second-order valence-corrected chi connectivity index (χ2v) is 8.16. The third-order valence-electron chi connectivity index (χ3n) is 4.48. The van der Waals surface area contributed by atoms with E-state index in [1.165, 1.54) is 6.26 Å². The maximum atomic E-state index is 12.3. The quantitative estimate of drug-likeness (QED) is 0.846. The Morgan fingerprint density at radius 3 is 2.77 bits per heavy atom. The Kier molecular flexibility index (Phi) is 4.27. The molecule has 6 nitrogen and oxygen atoms in total. The molecule has 0 bridgehead atoms. The second kappa shape index (κ2) is 6.04. The van der Waals surface area contributed by atoms with Crippen LogP contribution in [-0.2, 0) is 21.2 Å². The van der Waals surface area contributed by atoms with E-state index in [-0.39, 0.29) is 17.9 Å². The minimum Gasteiger partial charge on any atom is -0.469 e. The number of sulfonamides is 1. The molecule has 1 saturated heterocycles. The van der Waals surface area contributed by atoms with Crippen LogP contribution in [0.1, 0.15) is 25.0 Å². The van der Waals surface area contributed by atoms with E-state index in [1.54, 1.807) is 11.2 Å². The van der Waals surface area contributed by atoms with E-state index in [2.05, 4.69) is 4.72 Å². The summed E-state index contributed by atoms with van der Waals surface area (Å²) in [5.74, 6) is 1.68. The van der Waals surface area contributed by atoms with Gasteiger partial charge in [-0.05, 0) is 36.8 Å². The highest BCUT2D eigenvalue weighted by molar-refractivity contribution is 7.88. The van der Waals surface area contributed by atoms with Gasteiger partial charge in [0.2, 0.25) is 15.9 Å². The molecule has 1 aromatic heterocycles. The Morgan fingerprint density at radius 1 is 1.41 bits per heavy atom. The summed E-state index contributed by atoms with van der Waals surface area (Å²) in [6.07, 6.45) is 6.04. The highest BCUT2D eigenvalue weighted by atomic mass is 32.2. The first kappa shape index (κ1) is 15.6. The highest BCUT2D eigenvalue weighted by Gasteiger charge is 2.44. The van der Waals surface area contributed by atoms with Gasteiger partial charge in [0.05, 0.1) is 12.5 Å². The lowest BCUT2D eigenvalue weighted by molar-refractivity contribution is -0.130. The number of carbonyl (C=O) groups excluding carboxylic acids is 1. The molecule has 1 aliphatic heterocycles. The van der Waals surface area contributed by atoms with Crippen LogP contribution in [0.3, 0.4) is 0 Å². The summed E-state index contributed by atoms with van der Waals surface area (Å²) in [7, 11) is -3.25. The van der Waals surface area contributed by atoms with Crippen molar-refractivity contribution in [1.82, 2.24) is 9.62 Å². The van der Waals surface area contributed by atoms with Crippen molar-refractivity contribution in [3.05, 3.63) is 24.2 Å². The van der Waals surface area contributed by atoms with Gasteiger partial charge >= 0.3 is 0 Å². The second-order valence-electron chi connectivity index (χ2n) is 6.38. The lowest BCUT2D eigenvalue weighted by Crippen LogP contribution is -2.41. The van der Waals surface area contributed by atoms with E-state index in [1.807, 2.05) is 12.1 Å². The summed E-state index contributed by atoms with van der Waals surface area (Å²) >= 11 is 0. The van der Waals surface area contributed by atoms with Crippen molar-refractivity contribution in [2.45, 2.75) is 31.7 Å². The van der Waals surface area contributed by atoms with E-state index in [9.17, 15) is 13.2 Å². The summed E-state index contributed by atoms with van der Waals surface area (Å²) in [5, 5.41) is 0. The predicted molar refractivity (Wildman–Crippen MR) is 81.6 cm³/mol.